The van der Waals surface area contributed by atoms with Crippen LogP contribution in [0.5, 0.6) is 0 Å². The maximum Gasteiger partial charge on any atom is 0.0345 e. The Labute approximate surface area is 92.6 Å². The van der Waals surface area contributed by atoms with Crippen molar-refractivity contribution < 1.29 is 0 Å². The van der Waals surface area contributed by atoms with Gasteiger partial charge < -0.3 is 17.2 Å². The molecule has 6 N–H and O–H groups in total. The number of anilines is 2. The van der Waals surface area contributed by atoms with E-state index in [4.69, 9.17) is 17.2 Å². The summed E-state index contributed by atoms with van der Waals surface area (Å²) in [4.78, 5) is 0. The molecule has 0 saturated heterocycles. The van der Waals surface area contributed by atoms with Crippen molar-refractivity contribution in [1.29, 1.82) is 0 Å². The molecule has 0 bridgehead atoms. The van der Waals surface area contributed by atoms with Gasteiger partial charge in [0.25, 0.3) is 0 Å². The summed E-state index contributed by atoms with van der Waals surface area (Å²) in [5.74, 6) is 0. The molecule has 0 spiro atoms. The number of aryl methyl sites for hydroxylation is 1. The van der Waals surface area contributed by atoms with Crippen LogP contribution in [0.1, 0.15) is 31.7 Å². The Morgan fingerprint density at radius 2 is 1.80 bits per heavy atom. The Morgan fingerprint density at radius 1 is 1.13 bits per heavy atom. The van der Waals surface area contributed by atoms with Gasteiger partial charge in [0.1, 0.15) is 0 Å². The van der Waals surface area contributed by atoms with Crippen LogP contribution in [0.2, 0.25) is 0 Å². The fourth-order valence-corrected chi connectivity index (χ4v) is 1.09. The van der Waals surface area contributed by atoms with E-state index in [2.05, 4.69) is 6.92 Å². The first kappa shape index (κ1) is 13.8. The molecule has 0 radical (unpaired) electrons. The second-order valence-corrected chi connectivity index (χ2v) is 3.61. The second-order valence-electron chi connectivity index (χ2n) is 3.61. The van der Waals surface area contributed by atoms with E-state index in [0.29, 0.717) is 0 Å². The molecule has 1 rings (SSSR count). The molecular formula is C12H23N3. The number of hydrogen-bond acceptors (Lipinski definition) is 3. The molecule has 0 heterocycles. The van der Waals surface area contributed by atoms with Gasteiger partial charge in [0.2, 0.25) is 0 Å². The fourth-order valence-electron chi connectivity index (χ4n) is 1.09. The zero-order chi connectivity index (χ0) is 11.7. The van der Waals surface area contributed by atoms with Gasteiger partial charge in [-0.25, -0.2) is 0 Å². The summed E-state index contributed by atoms with van der Waals surface area (Å²) in [6, 6.07) is 5.46. The molecule has 0 atom stereocenters. The lowest BCUT2D eigenvalue weighted by Gasteiger charge is -1.98. The van der Waals surface area contributed by atoms with Gasteiger partial charge in [-0.3, -0.25) is 0 Å². The molecule has 1 aromatic rings. The first-order valence-electron chi connectivity index (χ1n) is 5.43. The predicted molar refractivity (Wildman–Crippen MR) is 68.6 cm³/mol. The third-order valence-electron chi connectivity index (χ3n) is 2.10. The Balaban J connectivity index is 0.000000288. The van der Waals surface area contributed by atoms with Gasteiger partial charge in [0.15, 0.2) is 0 Å². The number of nitrogens with two attached hydrogens (primary N) is 3. The van der Waals surface area contributed by atoms with Crippen molar-refractivity contribution in [1.82, 2.24) is 0 Å². The van der Waals surface area contributed by atoms with E-state index in [-0.39, 0.29) is 0 Å². The summed E-state index contributed by atoms with van der Waals surface area (Å²) in [5.41, 5.74) is 18.8. The molecule has 1 aromatic carbocycles. The number of benzene rings is 1. The van der Waals surface area contributed by atoms with Gasteiger partial charge in [-0.05, 0) is 43.7 Å². The van der Waals surface area contributed by atoms with Crippen LogP contribution in [0.3, 0.4) is 0 Å². The van der Waals surface area contributed by atoms with Crippen molar-refractivity contribution in [3.8, 4) is 0 Å². The Kier molecular flexibility index (Phi) is 7.46. The zero-order valence-electron chi connectivity index (χ0n) is 9.79. The standard InChI is InChI=1S/C7H10N2.C5H13N/c1-5-4-6(8)2-3-7(5)9;1-2-3-4-5-6/h2-4H,8-9H2,1H3;2-6H2,1H3. The highest BCUT2D eigenvalue weighted by molar-refractivity contribution is 5.54. The smallest absolute Gasteiger partial charge is 0.0345 e. The van der Waals surface area contributed by atoms with Crippen molar-refractivity contribution in [2.75, 3.05) is 18.0 Å². The summed E-state index contributed by atoms with van der Waals surface area (Å²) in [6.07, 6.45) is 3.75. The first-order valence-corrected chi connectivity index (χ1v) is 5.43. The van der Waals surface area contributed by atoms with Crippen LogP contribution in [-0.2, 0) is 0 Å². The predicted octanol–water partition coefficient (Wildman–Crippen LogP) is 2.29. The van der Waals surface area contributed by atoms with Crippen molar-refractivity contribution in [2.45, 2.75) is 33.1 Å². The van der Waals surface area contributed by atoms with E-state index in [1.807, 2.05) is 19.1 Å². The van der Waals surface area contributed by atoms with Crippen LogP contribution in [-0.4, -0.2) is 6.54 Å². The number of rotatable bonds is 3. The van der Waals surface area contributed by atoms with Crippen molar-refractivity contribution in [2.24, 2.45) is 5.73 Å². The van der Waals surface area contributed by atoms with Gasteiger partial charge in [-0.15, -0.1) is 0 Å². The van der Waals surface area contributed by atoms with Crippen LogP contribution < -0.4 is 17.2 Å². The summed E-state index contributed by atoms with van der Waals surface area (Å²) in [5, 5.41) is 0. The quantitative estimate of drug-likeness (QED) is 0.528. The van der Waals surface area contributed by atoms with Crippen LogP contribution in [0.4, 0.5) is 11.4 Å². The molecule has 0 fully saturated rings. The normalized spacial score (nSPS) is 9.27. The highest BCUT2D eigenvalue weighted by Gasteiger charge is 1.90. The number of hydrogen-bond donors (Lipinski definition) is 3. The second kappa shape index (κ2) is 8.12. The molecule has 0 aliphatic heterocycles. The van der Waals surface area contributed by atoms with Crippen molar-refractivity contribution >= 4 is 11.4 Å². The third-order valence-corrected chi connectivity index (χ3v) is 2.10. The maximum atomic E-state index is 5.53. The Hall–Kier alpha value is -1.22. The molecule has 0 aliphatic rings. The zero-order valence-corrected chi connectivity index (χ0v) is 9.79. The lowest BCUT2D eigenvalue weighted by Crippen LogP contribution is -1.96. The summed E-state index contributed by atoms with van der Waals surface area (Å²) in [7, 11) is 0. The summed E-state index contributed by atoms with van der Waals surface area (Å²) in [6.45, 7) is 4.97. The lowest BCUT2D eigenvalue weighted by atomic mass is 10.2. The average Bonchev–Trinajstić information content (AvgIpc) is 2.22. The molecule has 0 saturated carbocycles. The van der Waals surface area contributed by atoms with Gasteiger partial charge in [-0.1, -0.05) is 19.8 Å². The summed E-state index contributed by atoms with van der Waals surface area (Å²) >= 11 is 0. The third kappa shape index (κ3) is 6.80. The van der Waals surface area contributed by atoms with Crippen LogP contribution >= 0.6 is 0 Å². The number of nitrogen functional groups attached to an aromatic ring is 2. The molecule has 0 aliphatic carbocycles. The lowest BCUT2D eigenvalue weighted by molar-refractivity contribution is 0.727. The highest BCUT2D eigenvalue weighted by atomic mass is 14.6. The van der Waals surface area contributed by atoms with E-state index in [1.54, 1.807) is 6.07 Å². The average molecular weight is 209 g/mol. The highest BCUT2D eigenvalue weighted by Crippen LogP contribution is 2.12. The minimum Gasteiger partial charge on any atom is -0.399 e. The topological polar surface area (TPSA) is 78.1 Å². The SMILES string of the molecule is CCCCCN.Cc1cc(N)ccc1N. The molecular weight excluding hydrogens is 186 g/mol. The van der Waals surface area contributed by atoms with Crippen LogP contribution in [0.15, 0.2) is 18.2 Å². The molecule has 0 aromatic heterocycles. The Bertz CT molecular complexity index is 268. The summed E-state index contributed by atoms with van der Waals surface area (Å²) < 4.78 is 0. The molecule has 3 heteroatoms. The molecule has 15 heavy (non-hydrogen) atoms. The molecule has 3 nitrogen and oxygen atoms in total. The molecule has 0 amide bonds. The number of unbranched alkanes of at least 4 members (excludes halogenated alkanes) is 2. The van der Waals surface area contributed by atoms with Crippen molar-refractivity contribution in [3.05, 3.63) is 23.8 Å². The van der Waals surface area contributed by atoms with E-state index in [1.165, 1.54) is 19.3 Å². The Morgan fingerprint density at radius 3 is 2.13 bits per heavy atom. The van der Waals surface area contributed by atoms with Gasteiger partial charge in [-0.2, -0.15) is 0 Å². The molecule has 86 valence electrons. The fraction of sp³-hybridized carbons (Fsp3) is 0.500. The van der Waals surface area contributed by atoms with Crippen LogP contribution in [0.25, 0.3) is 0 Å². The van der Waals surface area contributed by atoms with Gasteiger partial charge >= 0.3 is 0 Å². The largest absolute Gasteiger partial charge is 0.399 e. The van der Waals surface area contributed by atoms with E-state index >= 15 is 0 Å². The van der Waals surface area contributed by atoms with E-state index < -0.39 is 0 Å². The monoisotopic (exact) mass is 209 g/mol. The van der Waals surface area contributed by atoms with Gasteiger partial charge in [0.05, 0.1) is 0 Å². The molecule has 0 unspecified atom stereocenters. The van der Waals surface area contributed by atoms with E-state index in [9.17, 15) is 0 Å². The minimum atomic E-state index is 0.765. The maximum absolute atomic E-state index is 5.53. The van der Waals surface area contributed by atoms with Crippen molar-refractivity contribution in [3.63, 3.8) is 0 Å². The van der Waals surface area contributed by atoms with E-state index in [0.717, 1.165) is 23.5 Å². The van der Waals surface area contributed by atoms with Crippen LogP contribution in [0, 0.1) is 6.92 Å². The van der Waals surface area contributed by atoms with Gasteiger partial charge in [0, 0.05) is 11.4 Å². The first-order chi connectivity index (χ1) is 7.11. The minimum absolute atomic E-state index is 0.765.